The molecule has 0 rings (SSSR count). The van der Waals surface area contributed by atoms with E-state index in [2.05, 4.69) is 22.4 Å². The highest BCUT2D eigenvalue weighted by Crippen LogP contribution is 1.90. The molecule has 0 spiro atoms. The van der Waals surface area contributed by atoms with Crippen LogP contribution in [-0.2, 0) is 10.8 Å². The van der Waals surface area contributed by atoms with Crippen molar-refractivity contribution in [1.29, 1.82) is 0 Å². The van der Waals surface area contributed by atoms with Crippen molar-refractivity contribution in [2.24, 2.45) is 4.99 Å². The third-order valence-corrected chi connectivity index (χ3v) is 2.01. The van der Waals surface area contributed by atoms with Crippen LogP contribution in [0.5, 0.6) is 0 Å². The Kier molecular flexibility index (Phi) is 7.03. The van der Waals surface area contributed by atoms with E-state index in [0.717, 1.165) is 25.1 Å². The second-order valence-corrected chi connectivity index (χ2v) is 3.69. The van der Waals surface area contributed by atoms with Gasteiger partial charge in [-0.15, -0.1) is 0 Å². The molecule has 0 radical (unpaired) electrons. The number of hydrogen-bond donors (Lipinski definition) is 0. The normalized spacial score (nSPS) is 12.1. The summed E-state index contributed by atoms with van der Waals surface area (Å²) in [7, 11) is -0.659. The SMILES string of the molecule is C[S@](=O)CCCCN=C=S. The lowest BCUT2D eigenvalue weighted by Gasteiger charge is -1.92. The summed E-state index contributed by atoms with van der Waals surface area (Å²) in [6, 6.07) is 0. The lowest BCUT2D eigenvalue weighted by Crippen LogP contribution is -1.94. The van der Waals surface area contributed by atoms with E-state index in [1.54, 1.807) is 6.26 Å². The van der Waals surface area contributed by atoms with E-state index in [1.807, 2.05) is 0 Å². The van der Waals surface area contributed by atoms with Crippen LogP contribution in [0.15, 0.2) is 4.99 Å². The Bertz CT molecular complexity index is 148. The first-order valence-electron chi connectivity index (χ1n) is 3.11. The molecule has 10 heavy (non-hydrogen) atoms. The molecule has 0 N–H and O–H groups in total. The predicted molar refractivity (Wildman–Crippen MR) is 48.1 cm³/mol. The second-order valence-electron chi connectivity index (χ2n) is 1.96. The molecule has 0 aliphatic carbocycles. The lowest BCUT2D eigenvalue weighted by molar-refractivity contribution is 0.682. The highest BCUT2D eigenvalue weighted by Gasteiger charge is 1.89. The van der Waals surface area contributed by atoms with E-state index in [9.17, 15) is 4.21 Å². The third kappa shape index (κ3) is 7.95. The average Bonchev–Trinajstić information content (AvgIpc) is 1.87. The molecule has 1 atom stereocenters. The number of aliphatic imine (C=N–C) groups is 1. The lowest BCUT2D eigenvalue weighted by atomic mass is 10.3. The molecule has 0 aliphatic rings. The fraction of sp³-hybridized carbons (Fsp3) is 0.833. The standard InChI is InChI=1S/C6H11NOS2/c1-10(8)5-3-2-4-7-6-9/h2-5H2,1H3/t10-/m0/s1. The number of thiocarbonyl (C=S) groups is 1. The van der Waals surface area contributed by atoms with Crippen LogP contribution in [0, 0.1) is 0 Å². The molecule has 0 unspecified atom stereocenters. The molecular formula is C6H11NOS2. The van der Waals surface area contributed by atoms with Gasteiger partial charge in [0, 0.05) is 29.4 Å². The molecule has 0 aromatic heterocycles. The molecular weight excluding hydrogens is 166 g/mol. The number of unbranched alkanes of at least 4 members (excludes halogenated alkanes) is 1. The molecule has 58 valence electrons. The van der Waals surface area contributed by atoms with Crippen molar-refractivity contribution >= 4 is 28.2 Å². The topological polar surface area (TPSA) is 29.4 Å². The molecule has 0 fully saturated rings. The third-order valence-electron chi connectivity index (χ3n) is 1.02. The van der Waals surface area contributed by atoms with Gasteiger partial charge >= 0.3 is 0 Å². The molecule has 0 saturated carbocycles. The molecule has 0 bridgehead atoms. The van der Waals surface area contributed by atoms with Crippen molar-refractivity contribution in [3.8, 4) is 0 Å². The maximum absolute atomic E-state index is 10.5. The summed E-state index contributed by atoms with van der Waals surface area (Å²) in [4.78, 5) is 3.73. The van der Waals surface area contributed by atoms with Gasteiger partial charge in [-0.1, -0.05) is 0 Å². The first kappa shape index (κ1) is 9.95. The fourth-order valence-electron chi connectivity index (χ4n) is 0.542. The average molecular weight is 177 g/mol. The second kappa shape index (κ2) is 7.06. The van der Waals surface area contributed by atoms with Crippen LogP contribution in [0.25, 0.3) is 0 Å². The Morgan fingerprint density at radius 1 is 1.60 bits per heavy atom. The van der Waals surface area contributed by atoms with E-state index in [-0.39, 0.29) is 0 Å². The summed E-state index contributed by atoms with van der Waals surface area (Å²) in [5.41, 5.74) is 0. The zero-order chi connectivity index (χ0) is 7.82. The van der Waals surface area contributed by atoms with Crippen LogP contribution in [0.1, 0.15) is 12.8 Å². The maximum atomic E-state index is 10.5. The molecule has 0 aromatic rings. The molecule has 0 heterocycles. The molecule has 0 aliphatic heterocycles. The molecule has 0 aromatic carbocycles. The summed E-state index contributed by atoms with van der Waals surface area (Å²) < 4.78 is 10.5. The molecule has 0 amide bonds. The highest BCUT2D eigenvalue weighted by molar-refractivity contribution is 7.84. The molecule has 4 heteroatoms. The van der Waals surface area contributed by atoms with Crippen LogP contribution >= 0.6 is 12.2 Å². The Balaban J connectivity index is 3.05. The van der Waals surface area contributed by atoms with Gasteiger partial charge in [-0.3, -0.25) is 4.21 Å². The van der Waals surface area contributed by atoms with E-state index in [1.165, 1.54) is 0 Å². The van der Waals surface area contributed by atoms with Gasteiger partial charge in [0.1, 0.15) is 0 Å². The van der Waals surface area contributed by atoms with Crippen LogP contribution in [0.3, 0.4) is 0 Å². The van der Waals surface area contributed by atoms with Gasteiger partial charge in [0.05, 0.1) is 5.16 Å². The van der Waals surface area contributed by atoms with Gasteiger partial charge in [-0.05, 0) is 25.1 Å². The Morgan fingerprint density at radius 3 is 2.80 bits per heavy atom. The minimum absolute atomic E-state index is 0.659. The van der Waals surface area contributed by atoms with Crippen molar-refractivity contribution in [3.63, 3.8) is 0 Å². The van der Waals surface area contributed by atoms with E-state index < -0.39 is 10.8 Å². The van der Waals surface area contributed by atoms with Crippen molar-refractivity contribution in [1.82, 2.24) is 0 Å². The summed E-state index contributed by atoms with van der Waals surface area (Å²) in [5.74, 6) is 0.771. The van der Waals surface area contributed by atoms with Gasteiger partial charge in [-0.25, -0.2) is 4.99 Å². The maximum Gasteiger partial charge on any atom is 0.0584 e. The fourth-order valence-corrected chi connectivity index (χ4v) is 1.24. The number of rotatable bonds is 5. The summed E-state index contributed by atoms with van der Waals surface area (Å²) in [6.07, 6.45) is 3.63. The quantitative estimate of drug-likeness (QED) is 0.359. The van der Waals surface area contributed by atoms with Gasteiger partial charge in [-0.2, -0.15) is 0 Å². The number of nitrogens with zero attached hydrogens (tertiary/aromatic N) is 1. The van der Waals surface area contributed by atoms with Crippen molar-refractivity contribution < 1.29 is 4.21 Å². The summed E-state index contributed by atoms with van der Waals surface area (Å²) >= 11 is 4.38. The minimum Gasteiger partial charge on any atom is -0.260 e. The summed E-state index contributed by atoms with van der Waals surface area (Å²) in [5, 5.41) is 2.29. The van der Waals surface area contributed by atoms with Gasteiger partial charge in [0.25, 0.3) is 0 Å². The van der Waals surface area contributed by atoms with Gasteiger partial charge < -0.3 is 0 Å². The minimum atomic E-state index is -0.659. The molecule has 2 nitrogen and oxygen atoms in total. The van der Waals surface area contributed by atoms with Crippen LogP contribution in [0.2, 0.25) is 0 Å². The van der Waals surface area contributed by atoms with Gasteiger partial charge in [0.2, 0.25) is 0 Å². The Morgan fingerprint density at radius 2 is 2.30 bits per heavy atom. The van der Waals surface area contributed by atoms with Crippen LogP contribution in [0.4, 0.5) is 0 Å². The van der Waals surface area contributed by atoms with Crippen LogP contribution < -0.4 is 0 Å². The van der Waals surface area contributed by atoms with E-state index in [0.29, 0.717) is 0 Å². The van der Waals surface area contributed by atoms with Crippen molar-refractivity contribution in [3.05, 3.63) is 0 Å². The zero-order valence-corrected chi connectivity index (χ0v) is 7.63. The van der Waals surface area contributed by atoms with Crippen molar-refractivity contribution in [2.45, 2.75) is 12.8 Å². The zero-order valence-electron chi connectivity index (χ0n) is 6.00. The predicted octanol–water partition coefficient (Wildman–Crippen LogP) is 1.25. The first-order chi connectivity index (χ1) is 4.77. The molecule has 0 saturated heterocycles. The van der Waals surface area contributed by atoms with Gasteiger partial charge in [0.15, 0.2) is 0 Å². The van der Waals surface area contributed by atoms with Crippen molar-refractivity contribution in [2.75, 3.05) is 18.6 Å². The highest BCUT2D eigenvalue weighted by atomic mass is 32.2. The largest absolute Gasteiger partial charge is 0.260 e. The Labute approximate surface area is 69.2 Å². The summed E-state index contributed by atoms with van der Waals surface area (Å²) in [6.45, 7) is 0.723. The first-order valence-corrected chi connectivity index (χ1v) is 5.24. The Hall–Kier alpha value is -0.0500. The number of hydrogen-bond acceptors (Lipinski definition) is 3. The van der Waals surface area contributed by atoms with Crippen LogP contribution in [-0.4, -0.2) is 27.9 Å². The van der Waals surface area contributed by atoms with E-state index >= 15 is 0 Å². The number of isothiocyanates is 1. The smallest absolute Gasteiger partial charge is 0.0584 e. The van der Waals surface area contributed by atoms with E-state index in [4.69, 9.17) is 0 Å². The monoisotopic (exact) mass is 177 g/mol.